The Hall–Kier alpha value is -2.75. The van der Waals surface area contributed by atoms with Gasteiger partial charge in [-0.25, -0.2) is 14.2 Å². The van der Waals surface area contributed by atoms with Gasteiger partial charge in [-0.3, -0.25) is 0 Å². The average molecular weight is 295 g/mol. The van der Waals surface area contributed by atoms with E-state index >= 15 is 0 Å². The molecule has 0 bridgehead atoms. The zero-order chi connectivity index (χ0) is 15.7. The topological polar surface area (TPSA) is 38.7 Å². The molecule has 2 aromatic rings. The number of hydrogen-bond acceptors (Lipinski definition) is 3. The minimum atomic E-state index is -0.501. The summed E-state index contributed by atoms with van der Waals surface area (Å²) in [5, 5.41) is 0. The van der Waals surface area contributed by atoms with Crippen LogP contribution in [0.15, 0.2) is 53.2 Å². The summed E-state index contributed by atoms with van der Waals surface area (Å²) in [6.07, 6.45) is 1.70. The number of nitrogens with zero attached hydrogens (tertiary/aromatic N) is 1. The monoisotopic (exact) mass is 295 g/mol. The average Bonchev–Trinajstić information content (AvgIpc) is 2.84. The predicted octanol–water partition coefficient (Wildman–Crippen LogP) is 3.79. The molecular weight excluding hydrogens is 281 g/mol. The largest absolute Gasteiger partial charge is 0.402 e. The smallest absolute Gasteiger partial charge is 0.363 e. The van der Waals surface area contributed by atoms with E-state index in [-0.39, 0.29) is 17.4 Å². The van der Waals surface area contributed by atoms with Crippen molar-refractivity contribution in [2.75, 3.05) is 0 Å². The van der Waals surface area contributed by atoms with E-state index in [0.29, 0.717) is 5.56 Å². The van der Waals surface area contributed by atoms with E-state index in [0.717, 1.165) is 16.7 Å². The number of halogens is 1. The maximum Gasteiger partial charge on any atom is 0.363 e. The van der Waals surface area contributed by atoms with Gasteiger partial charge in [0.2, 0.25) is 5.90 Å². The Morgan fingerprint density at radius 1 is 1.09 bits per heavy atom. The number of carbonyl (C=O) groups excluding carboxylic acids is 1. The number of ether oxygens (including phenoxy) is 1. The van der Waals surface area contributed by atoms with Crippen molar-refractivity contribution in [1.82, 2.24) is 0 Å². The fourth-order valence-corrected chi connectivity index (χ4v) is 2.26. The summed E-state index contributed by atoms with van der Waals surface area (Å²) in [7, 11) is 0. The Morgan fingerprint density at radius 3 is 2.50 bits per heavy atom. The van der Waals surface area contributed by atoms with Crippen LogP contribution in [0.25, 0.3) is 6.08 Å². The van der Waals surface area contributed by atoms with Crippen LogP contribution in [-0.4, -0.2) is 11.9 Å². The van der Waals surface area contributed by atoms with E-state index in [1.807, 2.05) is 32.0 Å². The Labute approximate surface area is 127 Å². The lowest BCUT2D eigenvalue weighted by Crippen LogP contribution is -2.05. The normalized spacial score (nSPS) is 15.9. The van der Waals surface area contributed by atoms with Crippen molar-refractivity contribution in [2.45, 2.75) is 13.8 Å². The van der Waals surface area contributed by atoms with Gasteiger partial charge in [0, 0.05) is 5.56 Å². The fourth-order valence-electron chi connectivity index (χ4n) is 2.26. The molecule has 110 valence electrons. The molecule has 1 heterocycles. The maximum atomic E-state index is 12.9. The molecule has 1 aliphatic heterocycles. The van der Waals surface area contributed by atoms with Crippen molar-refractivity contribution in [1.29, 1.82) is 0 Å². The van der Waals surface area contributed by atoms with Crippen LogP contribution in [0.2, 0.25) is 0 Å². The molecule has 3 rings (SSSR count). The summed E-state index contributed by atoms with van der Waals surface area (Å²) in [5.74, 6) is -0.653. The summed E-state index contributed by atoms with van der Waals surface area (Å²) >= 11 is 0. The lowest BCUT2D eigenvalue weighted by atomic mass is 10.0. The Balaban J connectivity index is 1.95. The van der Waals surface area contributed by atoms with Crippen LogP contribution < -0.4 is 0 Å². The summed E-state index contributed by atoms with van der Waals surface area (Å²) in [6.45, 7) is 3.99. The van der Waals surface area contributed by atoms with Crippen molar-refractivity contribution < 1.29 is 13.9 Å². The second-order valence-electron chi connectivity index (χ2n) is 5.20. The number of cyclic esters (lactones) is 1. The lowest BCUT2D eigenvalue weighted by molar-refractivity contribution is -0.129. The molecule has 0 N–H and O–H groups in total. The van der Waals surface area contributed by atoms with Crippen molar-refractivity contribution in [3.05, 3.63) is 76.2 Å². The molecule has 3 nitrogen and oxygen atoms in total. The van der Waals surface area contributed by atoms with Gasteiger partial charge in [0.1, 0.15) is 5.82 Å². The molecule has 2 aromatic carbocycles. The van der Waals surface area contributed by atoms with Crippen molar-refractivity contribution in [3.63, 3.8) is 0 Å². The van der Waals surface area contributed by atoms with Gasteiger partial charge in [-0.15, -0.1) is 0 Å². The summed E-state index contributed by atoms with van der Waals surface area (Å²) in [6, 6.07) is 11.6. The van der Waals surface area contributed by atoms with Gasteiger partial charge in [0.15, 0.2) is 5.70 Å². The molecule has 0 aromatic heterocycles. The van der Waals surface area contributed by atoms with E-state index in [4.69, 9.17) is 4.74 Å². The quantitative estimate of drug-likeness (QED) is 0.624. The highest BCUT2D eigenvalue weighted by Gasteiger charge is 2.24. The highest BCUT2D eigenvalue weighted by molar-refractivity contribution is 6.12. The van der Waals surface area contributed by atoms with E-state index in [1.54, 1.807) is 6.08 Å². The molecule has 0 saturated heterocycles. The lowest BCUT2D eigenvalue weighted by Gasteiger charge is -2.01. The third kappa shape index (κ3) is 2.81. The first kappa shape index (κ1) is 14.2. The molecular formula is C18H14FNO2. The zero-order valence-electron chi connectivity index (χ0n) is 12.3. The summed E-state index contributed by atoms with van der Waals surface area (Å²) in [5.41, 5.74) is 3.95. The van der Waals surface area contributed by atoms with E-state index in [1.165, 1.54) is 24.3 Å². The first-order valence-electron chi connectivity index (χ1n) is 6.89. The van der Waals surface area contributed by atoms with Crippen molar-refractivity contribution >= 4 is 17.9 Å². The predicted molar refractivity (Wildman–Crippen MR) is 82.9 cm³/mol. The number of benzene rings is 2. The second kappa shape index (κ2) is 5.56. The van der Waals surface area contributed by atoms with Crippen molar-refractivity contribution in [3.8, 4) is 0 Å². The highest BCUT2D eigenvalue weighted by Crippen LogP contribution is 2.21. The second-order valence-corrected chi connectivity index (χ2v) is 5.20. The molecule has 0 spiro atoms. The number of aliphatic imine (C=N–C) groups is 1. The number of esters is 1. The molecule has 4 heteroatoms. The third-order valence-electron chi connectivity index (χ3n) is 3.43. The third-order valence-corrected chi connectivity index (χ3v) is 3.43. The molecule has 0 aliphatic carbocycles. The first-order valence-corrected chi connectivity index (χ1v) is 6.89. The highest BCUT2D eigenvalue weighted by atomic mass is 19.1. The Bertz CT molecular complexity index is 804. The fraction of sp³-hybridized carbons (Fsp3) is 0.111. The number of hydrogen-bond donors (Lipinski definition) is 0. The molecule has 0 radical (unpaired) electrons. The number of aryl methyl sites for hydroxylation is 2. The van der Waals surface area contributed by atoms with Gasteiger partial charge >= 0.3 is 5.97 Å². The van der Waals surface area contributed by atoms with Crippen LogP contribution in [0.3, 0.4) is 0 Å². The van der Waals surface area contributed by atoms with E-state index in [9.17, 15) is 9.18 Å². The van der Waals surface area contributed by atoms with Crippen molar-refractivity contribution in [2.24, 2.45) is 4.99 Å². The minimum absolute atomic E-state index is 0.195. The standard InChI is InChI=1S/C18H14FNO2/c1-11-3-4-14(12(2)9-11)10-16-18(21)22-17(20-16)13-5-7-15(19)8-6-13/h3-10H,1-2H3/b16-10-. The van der Waals surface area contributed by atoms with Gasteiger partial charge in [-0.1, -0.05) is 23.8 Å². The van der Waals surface area contributed by atoms with Crippen LogP contribution in [0.1, 0.15) is 22.3 Å². The minimum Gasteiger partial charge on any atom is -0.402 e. The molecule has 0 fully saturated rings. The Kier molecular flexibility index (Phi) is 3.59. The van der Waals surface area contributed by atoms with Crippen LogP contribution >= 0.6 is 0 Å². The van der Waals surface area contributed by atoms with Gasteiger partial charge in [0.25, 0.3) is 0 Å². The van der Waals surface area contributed by atoms with Crippen LogP contribution in [0.5, 0.6) is 0 Å². The molecule has 0 saturated carbocycles. The maximum absolute atomic E-state index is 12.9. The molecule has 0 unspecified atom stereocenters. The Morgan fingerprint density at radius 2 is 1.82 bits per heavy atom. The molecule has 0 atom stereocenters. The SMILES string of the molecule is Cc1ccc(/C=C2\N=C(c3ccc(F)cc3)OC2=O)c(C)c1. The van der Waals surface area contributed by atoms with Gasteiger partial charge < -0.3 is 4.74 Å². The van der Waals surface area contributed by atoms with Gasteiger partial charge in [-0.05, 0) is 55.3 Å². The summed E-state index contributed by atoms with van der Waals surface area (Å²) in [4.78, 5) is 16.1. The van der Waals surface area contributed by atoms with E-state index in [2.05, 4.69) is 4.99 Å². The summed E-state index contributed by atoms with van der Waals surface area (Å²) < 4.78 is 18.1. The molecule has 22 heavy (non-hydrogen) atoms. The zero-order valence-corrected chi connectivity index (χ0v) is 12.3. The number of carbonyl (C=O) groups is 1. The van der Waals surface area contributed by atoms with Crippen LogP contribution in [0.4, 0.5) is 4.39 Å². The van der Waals surface area contributed by atoms with Gasteiger partial charge in [0.05, 0.1) is 0 Å². The molecule has 0 amide bonds. The van der Waals surface area contributed by atoms with E-state index < -0.39 is 5.97 Å². The van der Waals surface area contributed by atoms with Crippen LogP contribution in [-0.2, 0) is 9.53 Å². The first-order chi connectivity index (χ1) is 10.5. The van der Waals surface area contributed by atoms with Gasteiger partial charge in [-0.2, -0.15) is 0 Å². The number of rotatable bonds is 2. The molecule has 1 aliphatic rings. The van der Waals surface area contributed by atoms with Crippen LogP contribution in [0, 0.1) is 19.7 Å².